The normalized spacial score (nSPS) is 11.8. The Labute approximate surface area is 104 Å². The molecule has 0 fully saturated rings. The van der Waals surface area contributed by atoms with Gasteiger partial charge in [0.25, 0.3) is 0 Å². The first-order valence-corrected chi connectivity index (χ1v) is 5.55. The molecule has 0 atom stereocenters. The van der Waals surface area contributed by atoms with Crippen molar-refractivity contribution in [2.45, 2.75) is 0 Å². The molecule has 2 aromatic rings. The lowest BCUT2D eigenvalue weighted by Crippen LogP contribution is -2.34. The van der Waals surface area contributed by atoms with E-state index in [1.807, 2.05) is 7.05 Å². The van der Waals surface area contributed by atoms with E-state index in [1.54, 1.807) is 17.9 Å². The van der Waals surface area contributed by atoms with Crippen molar-refractivity contribution < 1.29 is 0 Å². The molecule has 0 saturated carbocycles. The number of nitrogens with two attached hydrogens (primary N) is 1. The summed E-state index contributed by atoms with van der Waals surface area (Å²) < 4.78 is 1.71. The highest BCUT2D eigenvalue weighted by Gasteiger charge is 2.06. The van der Waals surface area contributed by atoms with Crippen molar-refractivity contribution in [2.75, 3.05) is 25.5 Å². The molecular formula is C10H16N8. The summed E-state index contributed by atoms with van der Waals surface area (Å²) in [5.74, 6) is 1.19. The Morgan fingerprint density at radius 1 is 1.44 bits per heavy atom. The minimum atomic E-state index is 0.422. The summed E-state index contributed by atoms with van der Waals surface area (Å²) in [5.41, 5.74) is 6.32. The number of nitrogens with zero attached hydrogens (tertiary/aromatic N) is 5. The number of hydrogen-bond donors (Lipinski definition) is 3. The Kier molecular flexibility index (Phi) is 3.56. The van der Waals surface area contributed by atoms with E-state index < -0.39 is 0 Å². The average molecular weight is 248 g/mol. The summed E-state index contributed by atoms with van der Waals surface area (Å²) in [6.07, 6.45) is 3.26. The van der Waals surface area contributed by atoms with Crippen molar-refractivity contribution >= 4 is 22.8 Å². The summed E-state index contributed by atoms with van der Waals surface area (Å²) in [5, 5.41) is 11.2. The van der Waals surface area contributed by atoms with Gasteiger partial charge in [-0.2, -0.15) is 5.10 Å². The summed E-state index contributed by atoms with van der Waals surface area (Å²) >= 11 is 0. The topological polar surface area (TPSA) is 106 Å². The van der Waals surface area contributed by atoms with Gasteiger partial charge in [0.05, 0.1) is 11.6 Å². The van der Waals surface area contributed by atoms with Gasteiger partial charge >= 0.3 is 0 Å². The zero-order valence-corrected chi connectivity index (χ0v) is 10.4. The number of nitrogens with one attached hydrogen (secondary N) is 2. The van der Waals surface area contributed by atoms with Gasteiger partial charge in [0.1, 0.15) is 12.1 Å². The van der Waals surface area contributed by atoms with E-state index in [4.69, 9.17) is 5.73 Å². The molecule has 0 spiro atoms. The lowest BCUT2D eigenvalue weighted by atomic mass is 10.4. The second-order valence-corrected chi connectivity index (χ2v) is 3.69. The Bertz CT molecular complexity index is 558. The molecule has 2 heterocycles. The van der Waals surface area contributed by atoms with Crippen LogP contribution in [0.15, 0.2) is 17.5 Å². The summed E-state index contributed by atoms with van der Waals surface area (Å²) in [6, 6.07) is 0. The number of aromatic nitrogens is 4. The van der Waals surface area contributed by atoms with Gasteiger partial charge in [-0.3, -0.25) is 9.67 Å². The van der Waals surface area contributed by atoms with Gasteiger partial charge < -0.3 is 16.4 Å². The minimum absolute atomic E-state index is 0.422. The molecule has 0 aromatic carbocycles. The molecule has 2 aromatic heterocycles. The highest BCUT2D eigenvalue weighted by atomic mass is 15.3. The maximum atomic E-state index is 5.52. The van der Waals surface area contributed by atoms with Crippen LogP contribution >= 0.6 is 0 Å². The molecule has 0 aliphatic heterocycles. The van der Waals surface area contributed by atoms with Crippen LogP contribution in [-0.4, -0.2) is 45.8 Å². The Morgan fingerprint density at radius 3 is 3.06 bits per heavy atom. The van der Waals surface area contributed by atoms with Gasteiger partial charge in [-0.25, -0.2) is 9.97 Å². The van der Waals surface area contributed by atoms with Crippen LogP contribution < -0.4 is 16.4 Å². The van der Waals surface area contributed by atoms with E-state index in [-0.39, 0.29) is 0 Å². The van der Waals surface area contributed by atoms with Crippen molar-refractivity contribution in [3.05, 3.63) is 12.5 Å². The molecule has 2 rings (SSSR count). The van der Waals surface area contributed by atoms with E-state index in [9.17, 15) is 0 Å². The van der Waals surface area contributed by atoms with E-state index in [0.29, 0.717) is 19.0 Å². The number of guanidine groups is 1. The summed E-state index contributed by atoms with van der Waals surface area (Å²) in [4.78, 5) is 12.2. The van der Waals surface area contributed by atoms with Gasteiger partial charge in [0, 0.05) is 27.2 Å². The van der Waals surface area contributed by atoms with Gasteiger partial charge in [-0.05, 0) is 0 Å². The molecule has 18 heavy (non-hydrogen) atoms. The van der Waals surface area contributed by atoms with Crippen molar-refractivity contribution in [1.29, 1.82) is 0 Å². The number of anilines is 1. The molecule has 0 unspecified atom stereocenters. The van der Waals surface area contributed by atoms with Gasteiger partial charge in [0.2, 0.25) is 0 Å². The molecule has 8 heteroatoms. The molecule has 4 N–H and O–H groups in total. The van der Waals surface area contributed by atoms with Gasteiger partial charge in [0.15, 0.2) is 11.6 Å². The Balaban J connectivity index is 2.00. The Hall–Kier alpha value is -2.38. The number of rotatable bonds is 4. The zero-order chi connectivity index (χ0) is 13.0. The van der Waals surface area contributed by atoms with Gasteiger partial charge in [-0.15, -0.1) is 0 Å². The molecule has 0 saturated heterocycles. The largest absolute Gasteiger partial charge is 0.370 e. The maximum absolute atomic E-state index is 5.52. The van der Waals surface area contributed by atoms with Crippen LogP contribution in [0.1, 0.15) is 0 Å². The third kappa shape index (κ3) is 2.47. The van der Waals surface area contributed by atoms with Crippen LogP contribution in [0.5, 0.6) is 0 Å². The monoisotopic (exact) mass is 248 g/mol. The highest BCUT2D eigenvalue weighted by molar-refractivity contribution is 5.86. The highest BCUT2D eigenvalue weighted by Crippen LogP contribution is 2.16. The van der Waals surface area contributed by atoms with E-state index in [1.165, 1.54) is 6.33 Å². The Morgan fingerprint density at radius 2 is 2.28 bits per heavy atom. The van der Waals surface area contributed by atoms with E-state index in [0.717, 1.165) is 16.9 Å². The van der Waals surface area contributed by atoms with Crippen LogP contribution in [0, 0.1) is 0 Å². The fraction of sp³-hybridized carbons (Fsp3) is 0.400. The minimum Gasteiger partial charge on any atom is -0.370 e. The van der Waals surface area contributed by atoms with Crippen LogP contribution in [-0.2, 0) is 7.05 Å². The summed E-state index contributed by atoms with van der Waals surface area (Å²) in [7, 11) is 3.48. The third-order valence-corrected chi connectivity index (χ3v) is 2.49. The number of aryl methyl sites for hydroxylation is 1. The molecule has 0 bridgehead atoms. The number of aliphatic imine (C=N–C) groups is 1. The first kappa shape index (κ1) is 12.1. The van der Waals surface area contributed by atoms with Crippen molar-refractivity contribution in [3.8, 4) is 0 Å². The smallest absolute Gasteiger partial charge is 0.188 e. The van der Waals surface area contributed by atoms with Crippen molar-refractivity contribution in [3.63, 3.8) is 0 Å². The van der Waals surface area contributed by atoms with Crippen LogP contribution in [0.4, 0.5) is 5.82 Å². The fourth-order valence-corrected chi connectivity index (χ4v) is 1.55. The van der Waals surface area contributed by atoms with Crippen LogP contribution in [0.2, 0.25) is 0 Å². The first-order valence-electron chi connectivity index (χ1n) is 5.55. The molecule has 8 nitrogen and oxygen atoms in total. The molecule has 0 radical (unpaired) electrons. The van der Waals surface area contributed by atoms with Crippen molar-refractivity contribution in [1.82, 2.24) is 25.1 Å². The van der Waals surface area contributed by atoms with E-state index >= 15 is 0 Å². The summed E-state index contributed by atoms with van der Waals surface area (Å²) in [6.45, 7) is 1.34. The molecular weight excluding hydrogens is 232 g/mol. The fourth-order valence-electron chi connectivity index (χ4n) is 1.55. The third-order valence-electron chi connectivity index (χ3n) is 2.49. The first-order chi connectivity index (χ1) is 8.72. The standard InChI is InChI=1S/C10H16N8/c1-12-10(11)14-4-3-13-8-7-5-17-18(2)9(7)16-6-15-8/h5-6H,3-4H2,1-2H3,(H3,11,12,14)(H,13,15,16). The van der Waals surface area contributed by atoms with Gasteiger partial charge in [-0.1, -0.05) is 0 Å². The van der Waals surface area contributed by atoms with E-state index in [2.05, 4.69) is 30.7 Å². The molecule has 0 aliphatic carbocycles. The van der Waals surface area contributed by atoms with Crippen LogP contribution in [0.3, 0.4) is 0 Å². The molecule has 0 aliphatic rings. The number of hydrogen-bond acceptors (Lipinski definition) is 5. The predicted molar refractivity (Wildman–Crippen MR) is 70.3 cm³/mol. The predicted octanol–water partition coefficient (Wildman–Crippen LogP) is -0.691. The number of fused-ring (bicyclic) bond motifs is 1. The maximum Gasteiger partial charge on any atom is 0.188 e. The lowest BCUT2D eigenvalue weighted by molar-refractivity contribution is 0.785. The second kappa shape index (κ2) is 5.30. The van der Waals surface area contributed by atoms with Crippen LogP contribution in [0.25, 0.3) is 11.0 Å². The zero-order valence-electron chi connectivity index (χ0n) is 10.4. The quantitative estimate of drug-likeness (QED) is 0.375. The molecule has 0 amide bonds. The van der Waals surface area contributed by atoms with Crippen molar-refractivity contribution in [2.24, 2.45) is 17.8 Å². The average Bonchev–Trinajstić information content (AvgIpc) is 2.77. The lowest BCUT2D eigenvalue weighted by Gasteiger charge is -2.07. The SMILES string of the molecule is CN=C(N)NCCNc1ncnc2c1cnn2C. The molecule has 96 valence electrons. The second-order valence-electron chi connectivity index (χ2n) is 3.69.